The molecule has 0 saturated heterocycles. The van der Waals surface area contributed by atoms with E-state index in [2.05, 4.69) is 5.10 Å². The number of nitrogens with zero attached hydrogens (tertiary/aromatic N) is 2. The van der Waals surface area contributed by atoms with Gasteiger partial charge in [-0.3, -0.25) is 4.68 Å². The summed E-state index contributed by atoms with van der Waals surface area (Å²) in [6, 6.07) is 3.15. The van der Waals surface area contributed by atoms with E-state index in [0.29, 0.717) is 11.3 Å². The molecule has 17 heavy (non-hydrogen) atoms. The van der Waals surface area contributed by atoms with Crippen molar-refractivity contribution < 1.29 is 4.39 Å². The van der Waals surface area contributed by atoms with Crippen molar-refractivity contribution in [2.45, 2.75) is 20.8 Å². The van der Waals surface area contributed by atoms with Gasteiger partial charge in [0.05, 0.1) is 5.69 Å². The number of hydrogen-bond acceptors (Lipinski definition) is 2. The fourth-order valence-electron chi connectivity index (χ4n) is 2.04. The smallest absolute Gasteiger partial charge is 0.131 e. The van der Waals surface area contributed by atoms with Gasteiger partial charge in [-0.1, -0.05) is 0 Å². The van der Waals surface area contributed by atoms with Gasteiger partial charge >= 0.3 is 0 Å². The maximum atomic E-state index is 14.0. The van der Waals surface area contributed by atoms with Crippen LogP contribution < -0.4 is 5.73 Å². The highest BCUT2D eigenvalue weighted by Crippen LogP contribution is 2.31. The first-order chi connectivity index (χ1) is 7.91. The Morgan fingerprint density at radius 3 is 2.41 bits per heavy atom. The number of rotatable bonds is 1. The highest BCUT2D eigenvalue weighted by Gasteiger charge is 2.16. The minimum atomic E-state index is -0.254. The number of halogens is 1. The first-order valence-electron chi connectivity index (χ1n) is 5.48. The number of anilines is 1. The predicted molar refractivity (Wildman–Crippen MR) is 67.2 cm³/mol. The highest BCUT2D eigenvalue weighted by molar-refractivity contribution is 5.73. The van der Waals surface area contributed by atoms with Gasteiger partial charge in [-0.25, -0.2) is 4.39 Å². The van der Waals surface area contributed by atoms with Crippen LogP contribution in [0.1, 0.15) is 17.0 Å². The molecular formula is C13H16FN3. The van der Waals surface area contributed by atoms with Crippen LogP contribution in [0.2, 0.25) is 0 Å². The van der Waals surface area contributed by atoms with Crippen LogP contribution in [0.25, 0.3) is 11.1 Å². The van der Waals surface area contributed by atoms with Crippen molar-refractivity contribution in [1.29, 1.82) is 0 Å². The van der Waals surface area contributed by atoms with E-state index >= 15 is 0 Å². The van der Waals surface area contributed by atoms with Gasteiger partial charge in [0.15, 0.2) is 0 Å². The average Bonchev–Trinajstić information content (AvgIpc) is 2.48. The quantitative estimate of drug-likeness (QED) is 0.770. The largest absolute Gasteiger partial charge is 0.398 e. The van der Waals surface area contributed by atoms with Crippen LogP contribution in [0.15, 0.2) is 12.1 Å². The monoisotopic (exact) mass is 233 g/mol. The lowest BCUT2D eigenvalue weighted by atomic mass is 10.0. The molecule has 1 aromatic heterocycles. The van der Waals surface area contributed by atoms with E-state index in [4.69, 9.17) is 5.73 Å². The van der Waals surface area contributed by atoms with Gasteiger partial charge in [0, 0.05) is 29.6 Å². The van der Waals surface area contributed by atoms with Crippen LogP contribution in [0, 0.1) is 26.6 Å². The van der Waals surface area contributed by atoms with Crippen molar-refractivity contribution in [3.63, 3.8) is 0 Å². The molecule has 2 aromatic rings. The van der Waals surface area contributed by atoms with Gasteiger partial charge in [-0.05, 0) is 38.5 Å². The lowest BCUT2D eigenvalue weighted by Gasteiger charge is -2.08. The zero-order valence-electron chi connectivity index (χ0n) is 10.5. The van der Waals surface area contributed by atoms with Crippen LogP contribution in [-0.4, -0.2) is 9.78 Å². The molecule has 0 unspecified atom stereocenters. The van der Waals surface area contributed by atoms with Gasteiger partial charge in [-0.2, -0.15) is 5.10 Å². The van der Waals surface area contributed by atoms with Gasteiger partial charge in [-0.15, -0.1) is 0 Å². The standard InChI is InChI=1S/C13H16FN3/c1-7-5-11(14)10(6-12(7)15)13-8(2)16-17(4)9(13)3/h5-6H,15H2,1-4H3. The molecule has 0 bridgehead atoms. The lowest BCUT2D eigenvalue weighted by molar-refractivity contribution is 0.630. The summed E-state index contributed by atoms with van der Waals surface area (Å²) in [5.74, 6) is -0.254. The number of hydrogen-bond donors (Lipinski definition) is 1. The van der Waals surface area contributed by atoms with Gasteiger partial charge in [0.25, 0.3) is 0 Å². The molecule has 0 spiro atoms. The lowest BCUT2D eigenvalue weighted by Crippen LogP contribution is -1.96. The molecule has 0 aliphatic carbocycles. The Bertz CT molecular complexity index is 585. The molecule has 1 aromatic carbocycles. The topological polar surface area (TPSA) is 43.8 Å². The van der Waals surface area contributed by atoms with Crippen molar-refractivity contribution in [3.05, 3.63) is 34.9 Å². The van der Waals surface area contributed by atoms with Crippen LogP contribution in [-0.2, 0) is 7.05 Å². The molecule has 0 aliphatic heterocycles. The van der Waals surface area contributed by atoms with E-state index in [0.717, 1.165) is 22.5 Å². The molecule has 1 heterocycles. The van der Waals surface area contributed by atoms with Crippen molar-refractivity contribution >= 4 is 5.69 Å². The summed E-state index contributed by atoms with van der Waals surface area (Å²) >= 11 is 0. The van der Waals surface area contributed by atoms with E-state index in [1.54, 1.807) is 17.7 Å². The van der Waals surface area contributed by atoms with Crippen molar-refractivity contribution in [1.82, 2.24) is 9.78 Å². The molecule has 0 saturated carbocycles. The Morgan fingerprint density at radius 1 is 1.24 bits per heavy atom. The second kappa shape index (κ2) is 3.87. The molecule has 3 nitrogen and oxygen atoms in total. The Balaban J connectivity index is 2.72. The average molecular weight is 233 g/mol. The molecule has 4 heteroatoms. The third kappa shape index (κ3) is 1.79. The second-order valence-corrected chi connectivity index (χ2v) is 4.36. The molecule has 0 amide bonds. The fourth-order valence-corrected chi connectivity index (χ4v) is 2.04. The van der Waals surface area contributed by atoms with Gasteiger partial charge in [0.1, 0.15) is 5.82 Å². The zero-order valence-corrected chi connectivity index (χ0v) is 10.5. The molecule has 0 aliphatic rings. The summed E-state index contributed by atoms with van der Waals surface area (Å²) in [6.45, 7) is 5.59. The summed E-state index contributed by atoms with van der Waals surface area (Å²) in [6.07, 6.45) is 0. The van der Waals surface area contributed by atoms with E-state index in [1.165, 1.54) is 6.07 Å². The Morgan fingerprint density at radius 2 is 1.88 bits per heavy atom. The Labute approximate surface area is 100 Å². The zero-order chi connectivity index (χ0) is 12.7. The van der Waals surface area contributed by atoms with E-state index < -0.39 is 0 Å². The summed E-state index contributed by atoms with van der Waals surface area (Å²) in [4.78, 5) is 0. The summed E-state index contributed by atoms with van der Waals surface area (Å²) in [5.41, 5.74) is 10.3. The second-order valence-electron chi connectivity index (χ2n) is 4.36. The van der Waals surface area contributed by atoms with Crippen molar-refractivity contribution in [3.8, 4) is 11.1 Å². The molecular weight excluding hydrogens is 217 g/mol. The van der Waals surface area contributed by atoms with Crippen molar-refractivity contribution in [2.24, 2.45) is 7.05 Å². The third-order valence-corrected chi connectivity index (χ3v) is 3.13. The van der Waals surface area contributed by atoms with Crippen LogP contribution in [0.5, 0.6) is 0 Å². The summed E-state index contributed by atoms with van der Waals surface area (Å²) in [5, 5.41) is 4.29. The molecule has 2 N–H and O–H groups in total. The first kappa shape index (κ1) is 11.6. The number of benzene rings is 1. The third-order valence-electron chi connectivity index (χ3n) is 3.13. The Kier molecular flexibility index (Phi) is 2.65. The van der Waals surface area contributed by atoms with E-state index in [9.17, 15) is 4.39 Å². The first-order valence-corrected chi connectivity index (χ1v) is 5.48. The molecule has 0 radical (unpaired) electrons. The number of nitrogen functional groups attached to an aromatic ring is 1. The molecule has 0 atom stereocenters. The van der Waals surface area contributed by atoms with Crippen molar-refractivity contribution in [2.75, 3.05) is 5.73 Å². The number of aromatic nitrogens is 2. The molecule has 0 fully saturated rings. The highest BCUT2D eigenvalue weighted by atomic mass is 19.1. The SMILES string of the molecule is Cc1cc(F)c(-c2c(C)nn(C)c2C)cc1N. The van der Waals surface area contributed by atoms with Crippen LogP contribution in [0.4, 0.5) is 10.1 Å². The summed E-state index contributed by atoms with van der Waals surface area (Å²) < 4.78 is 15.7. The Hall–Kier alpha value is -1.84. The predicted octanol–water partition coefficient (Wildman–Crippen LogP) is 2.73. The van der Waals surface area contributed by atoms with E-state index in [1.807, 2.05) is 20.9 Å². The summed E-state index contributed by atoms with van der Waals surface area (Å²) in [7, 11) is 1.85. The molecule has 2 rings (SSSR count). The maximum absolute atomic E-state index is 14.0. The minimum Gasteiger partial charge on any atom is -0.398 e. The fraction of sp³-hybridized carbons (Fsp3) is 0.308. The number of aryl methyl sites for hydroxylation is 3. The normalized spacial score (nSPS) is 10.9. The van der Waals surface area contributed by atoms with Gasteiger partial charge < -0.3 is 5.73 Å². The van der Waals surface area contributed by atoms with E-state index in [-0.39, 0.29) is 5.82 Å². The van der Waals surface area contributed by atoms with Crippen LogP contribution >= 0.6 is 0 Å². The van der Waals surface area contributed by atoms with Crippen LogP contribution in [0.3, 0.4) is 0 Å². The molecule has 90 valence electrons. The minimum absolute atomic E-state index is 0.254. The number of nitrogens with two attached hydrogens (primary N) is 1. The van der Waals surface area contributed by atoms with Gasteiger partial charge in [0.2, 0.25) is 0 Å². The maximum Gasteiger partial charge on any atom is 0.131 e.